The number of rotatable bonds is 9. The van der Waals surface area contributed by atoms with Crippen LogP contribution in [0.25, 0.3) is 0 Å². The molecule has 0 spiro atoms. The highest BCUT2D eigenvalue weighted by Gasteiger charge is 2.35. The molecule has 1 atom stereocenters. The first-order chi connectivity index (χ1) is 15.7. The van der Waals surface area contributed by atoms with Crippen molar-refractivity contribution in [1.29, 1.82) is 0 Å². The maximum atomic E-state index is 13.2. The molecule has 0 aliphatic carbocycles. The first-order valence-electron chi connectivity index (χ1n) is 11.0. The van der Waals surface area contributed by atoms with Crippen molar-refractivity contribution in [2.24, 2.45) is 0 Å². The van der Waals surface area contributed by atoms with E-state index < -0.39 is 6.04 Å². The number of benzene rings is 2. The van der Waals surface area contributed by atoms with Crippen LogP contribution in [-0.4, -0.2) is 52.1 Å². The Bertz CT molecular complexity index is 1030. The fourth-order valence-electron chi connectivity index (χ4n) is 3.79. The van der Waals surface area contributed by atoms with Crippen molar-refractivity contribution in [2.75, 3.05) is 6.54 Å². The third kappa shape index (κ3) is 5.87. The van der Waals surface area contributed by atoms with Gasteiger partial charge in [-0.15, -0.1) is 0 Å². The predicted molar refractivity (Wildman–Crippen MR) is 128 cm³/mol. The molecule has 8 heteroatoms. The molecule has 2 aromatic carbocycles. The minimum Gasteiger partial charge on any atom is -0.352 e. The van der Waals surface area contributed by atoms with Crippen molar-refractivity contribution < 1.29 is 19.2 Å². The van der Waals surface area contributed by atoms with Crippen molar-refractivity contribution >= 4 is 39.6 Å². The lowest BCUT2D eigenvalue weighted by atomic mass is 10.1. The van der Waals surface area contributed by atoms with Gasteiger partial charge in [0, 0.05) is 30.0 Å². The van der Waals surface area contributed by atoms with Gasteiger partial charge in [0.25, 0.3) is 11.8 Å². The summed E-state index contributed by atoms with van der Waals surface area (Å²) in [5.74, 6) is -1.11. The van der Waals surface area contributed by atoms with E-state index in [1.807, 2.05) is 38.1 Å². The van der Waals surface area contributed by atoms with Gasteiger partial charge in [0.05, 0.1) is 11.1 Å². The molecule has 0 saturated carbocycles. The summed E-state index contributed by atoms with van der Waals surface area (Å²) in [4.78, 5) is 53.6. The van der Waals surface area contributed by atoms with Crippen molar-refractivity contribution in [1.82, 2.24) is 15.1 Å². The highest BCUT2D eigenvalue weighted by molar-refractivity contribution is 9.10. The topological polar surface area (TPSA) is 86.8 Å². The zero-order valence-corrected chi connectivity index (χ0v) is 20.6. The molecule has 3 rings (SSSR count). The SMILES string of the molecule is CC(C)NC(=O)[C@@H](C)N(Cc1cccc(Br)c1)C(=O)CCCN1C(=O)c2ccccc2C1=O. The molecule has 33 heavy (non-hydrogen) atoms. The van der Waals surface area contributed by atoms with Crippen LogP contribution >= 0.6 is 15.9 Å². The van der Waals surface area contributed by atoms with E-state index in [0.717, 1.165) is 10.0 Å². The Kier molecular flexibility index (Phi) is 8.02. The fraction of sp³-hybridized carbons (Fsp3) is 0.360. The van der Waals surface area contributed by atoms with Crippen LogP contribution in [0, 0.1) is 0 Å². The number of carbonyl (C=O) groups excluding carboxylic acids is 4. The van der Waals surface area contributed by atoms with Crippen LogP contribution in [0.15, 0.2) is 53.0 Å². The molecule has 0 unspecified atom stereocenters. The van der Waals surface area contributed by atoms with Gasteiger partial charge in [-0.3, -0.25) is 24.1 Å². The standard InChI is InChI=1S/C25H28BrN3O4/c1-16(2)27-23(31)17(3)29(15-18-8-6-9-19(26)14-18)22(30)12-7-13-28-24(32)20-10-4-5-11-21(20)25(28)33/h4-6,8-11,14,16-17H,7,12-13,15H2,1-3H3,(H,27,31)/t17-/m1/s1. The number of fused-ring (bicyclic) bond motifs is 1. The van der Waals surface area contributed by atoms with E-state index in [2.05, 4.69) is 21.2 Å². The molecule has 4 amide bonds. The van der Waals surface area contributed by atoms with E-state index in [4.69, 9.17) is 0 Å². The monoisotopic (exact) mass is 513 g/mol. The number of hydrogen-bond donors (Lipinski definition) is 1. The summed E-state index contributed by atoms with van der Waals surface area (Å²) in [6, 6.07) is 13.6. The molecule has 1 N–H and O–H groups in total. The number of amides is 4. The van der Waals surface area contributed by atoms with E-state index in [9.17, 15) is 19.2 Å². The second kappa shape index (κ2) is 10.7. The number of imide groups is 1. The maximum absolute atomic E-state index is 13.2. The van der Waals surface area contributed by atoms with Crippen LogP contribution in [-0.2, 0) is 16.1 Å². The van der Waals surface area contributed by atoms with Gasteiger partial charge in [-0.1, -0.05) is 40.2 Å². The second-order valence-electron chi connectivity index (χ2n) is 8.40. The summed E-state index contributed by atoms with van der Waals surface area (Å²) in [7, 11) is 0. The first-order valence-corrected chi connectivity index (χ1v) is 11.8. The van der Waals surface area contributed by atoms with E-state index in [1.54, 1.807) is 36.1 Å². The molecule has 0 radical (unpaired) electrons. The number of carbonyl (C=O) groups is 4. The summed E-state index contributed by atoms with van der Waals surface area (Å²) in [6.07, 6.45) is 0.429. The number of nitrogens with one attached hydrogen (secondary N) is 1. The third-order valence-electron chi connectivity index (χ3n) is 5.49. The molecular formula is C25H28BrN3O4. The minimum atomic E-state index is -0.668. The Hall–Kier alpha value is -3.00. The Morgan fingerprint density at radius 1 is 1.00 bits per heavy atom. The van der Waals surface area contributed by atoms with Crippen LogP contribution in [0.2, 0.25) is 0 Å². The Morgan fingerprint density at radius 3 is 2.21 bits per heavy atom. The van der Waals surface area contributed by atoms with Gasteiger partial charge in [-0.05, 0) is 57.0 Å². The van der Waals surface area contributed by atoms with Crippen molar-refractivity contribution in [3.05, 3.63) is 69.7 Å². The van der Waals surface area contributed by atoms with E-state index in [0.29, 0.717) is 17.5 Å². The van der Waals surface area contributed by atoms with Crippen molar-refractivity contribution in [2.45, 2.75) is 52.2 Å². The van der Waals surface area contributed by atoms with Gasteiger partial charge in [0.15, 0.2) is 0 Å². The van der Waals surface area contributed by atoms with Crippen LogP contribution < -0.4 is 5.32 Å². The molecule has 0 bridgehead atoms. The van der Waals surface area contributed by atoms with Crippen LogP contribution in [0.4, 0.5) is 0 Å². The van der Waals surface area contributed by atoms with Crippen LogP contribution in [0.3, 0.4) is 0 Å². The summed E-state index contributed by atoms with van der Waals surface area (Å²) < 4.78 is 0.886. The number of hydrogen-bond acceptors (Lipinski definition) is 4. The largest absolute Gasteiger partial charge is 0.352 e. The maximum Gasteiger partial charge on any atom is 0.261 e. The Labute approximate surface area is 202 Å². The van der Waals surface area contributed by atoms with Crippen molar-refractivity contribution in [3.63, 3.8) is 0 Å². The van der Waals surface area contributed by atoms with Crippen LogP contribution in [0.1, 0.15) is 59.9 Å². The average molecular weight is 514 g/mol. The van der Waals surface area contributed by atoms with E-state index in [-0.39, 0.29) is 49.2 Å². The number of nitrogens with zero attached hydrogens (tertiary/aromatic N) is 2. The summed E-state index contributed by atoms with van der Waals surface area (Å²) in [6.45, 7) is 5.87. The van der Waals surface area contributed by atoms with Gasteiger partial charge >= 0.3 is 0 Å². The quantitative estimate of drug-likeness (QED) is 0.517. The van der Waals surface area contributed by atoms with E-state index in [1.165, 1.54) is 4.90 Å². The molecule has 0 aromatic heterocycles. The molecule has 2 aromatic rings. The molecule has 0 fully saturated rings. The first kappa shape index (κ1) is 24.6. The Balaban J connectivity index is 1.67. The van der Waals surface area contributed by atoms with E-state index >= 15 is 0 Å². The number of halogens is 1. The zero-order chi connectivity index (χ0) is 24.1. The summed E-state index contributed by atoms with van der Waals surface area (Å²) >= 11 is 3.44. The lowest BCUT2D eigenvalue weighted by Crippen LogP contribution is -2.49. The Morgan fingerprint density at radius 2 is 1.64 bits per heavy atom. The van der Waals surface area contributed by atoms with Gasteiger partial charge < -0.3 is 10.2 Å². The molecule has 1 heterocycles. The lowest BCUT2D eigenvalue weighted by molar-refractivity contribution is -0.140. The molecule has 1 aliphatic rings. The third-order valence-corrected chi connectivity index (χ3v) is 5.98. The average Bonchev–Trinajstić information content (AvgIpc) is 3.01. The summed E-state index contributed by atoms with van der Waals surface area (Å²) in [5, 5.41) is 2.86. The van der Waals surface area contributed by atoms with Gasteiger partial charge in [-0.2, -0.15) is 0 Å². The molecule has 174 valence electrons. The summed E-state index contributed by atoms with van der Waals surface area (Å²) in [5.41, 5.74) is 1.68. The minimum absolute atomic E-state index is 0.0448. The van der Waals surface area contributed by atoms with Gasteiger partial charge in [0.2, 0.25) is 11.8 Å². The molecule has 0 saturated heterocycles. The molecule has 7 nitrogen and oxygen atoms in total. The fourth-order valence-corrected chi connectivity index (χ4v) is 4.24. The molecule has 1 aliphatic heterocycles. The smallest absolute Gasteiger partial charge is 0.261 e. The highest BCUT2D eigenvalue weighted by Crippen LogP contribution is 2.23. The second-order valence-corrected chi connectivity index (χ2v) is 9.32. The zero-order valence-electron chi connectivity index (χ0n) is 19.0. The molecular weight excluding hydrogens is 486 g/mol. The highest BCUT2D eigenvalue weighted by atomic mass is 79.9. The lowest BCUT2D eigenvalue weighted by Gasteiger charge is -2.29. The predicted octanol–water partition coefficient (Wildman–Crippen LogP) is 3.77. The van der Waals surface area contributed by atoms with Gasteiger partial charge in [0.1, 0.15) is 6.04 Å². The van der Waals surface area contributed by atoms with Crippen molar-refractivity contribution in [3.8, 4) is 0 Å². The normalized spacial score (nSPS) is 13.8. The van der Waals surface area contributed by atoms with Gasteiger partial charge in [-0.25, -0.2) is 0 Å². The van der Waals surface area contributed by atoms with Crippen LogP contribution in [0.5, 0.6) is 0 Å².